The zero-order valence-corrected chi connectivity index (χ0v) is 15.5. The molecule has 1 N–H and O–H groups in total. The maximum absolute atomic E-state index is 12.8. The molecule has 0 bridgehead atoms. The highest BCUT2D eigenvalue weighted by Crippen LogP contribution is 2.27. The topological polar surface area (TPSA) is 77.9 Å². The van der Waals surface area contributed by atoms with Crippen molar-refractivity contribution in [3.63, 3.8) is 0 Å². The maximum atomic E-state index is 12.8. The van der Waals surface area contributed by atoms with Crippen molar-refractivity contribution in [2.45, 2.75) is 19.8 Å². The van der Waals surface area contributed by atoms with E-state index in [-0.39, 0.29) is 30.2 Å². The standard InChI is InChI=1S/C19H23ClN2O4/c1-12-9-22(11-16(12)19(25)26)18(24)14-3-2-8-21(10-14)17(23)13-4-6-15(20)7-5-13/h4-7,12,14,16H,2-3,8-11H2,1H3,(H,25,26)/t12-,14?,16-/m1/s1. The normalized spacial score (nSPS) is 26.0. The molecule has 7 heteroatoms. The van der Waals surface area contributed by atoms with Crippen molar-refractivity contribution in [2.24, 2.45) is 17.8 Å². The van der Waals surface area contributed by atoms with E-state index in [2.05, 4.69) is 0 Å². The number of hydrogen-bond acceptors (Lipinski definition) is 3. The number of nitrogens with zero attached hydrogens (tertiary/aromatic N) is 2. The Morgan fingerprint density at radius 3 is 2.38 bits per heavy atom. The number of piperidine rings is 1. The van der Waals surface area contributed by atoms with Gasteiger partial charge in [-0.15, -0.1) is 0 Å². The van der Waals surface area contributed by atoms with E-state index in [1.54, 1.807) is 34.1 Å². The molecule has 0 saturated carbocycles. The summed E-state index contributed by atoms with van der Waals surface area (Å²) in [5, 5.41) is 9.83. The number of aliphatic carboxylic acids is 1. The summed E-state index contributed by atoms with van der Waals surface area (Å²) in [6, 6.07) is 6.74. The van der Waals surface area contributed by atoms with Crippen molar-refractivity contribution in [3.05, 3.63) is 34.9 Å². The number of hydrogen-bond donors (Lipinski definition) is 1. The van der Waals surface area contributed by atoms with E-state index in [0.717, 1.165) is 12.8 Å². The second kappa shape index (κ2) is 7.66. The van der Waals surface area contributed by atoms with Crippen LogP contribution in [0.25, 0.3) is 0 Å². The molecule has 2 fully saturated rings. The van der Waals surface area contributed by atoms with Crippen LogP contribution in [0.5, 0.6) is 0 Å². The third-order valence-corrected chi connectivity index (χ3v) is 5.64. The van der Waals surface area contributed by atoms with Gasteiger partial charge in [0.2, 0.25) is 5.91 Å². The van der Waals surface area contributed by atoms with Gasteiger partial charge in [-0.3, -0.25) is 14.4 Å². The molecule has 1 aromatic carbocycles. The molecule has 2 amide bonds. The van der Waals surface area contributed by atoms with Gasteiger partial charge < -0.3 is 14.9 Å². The van der Waals surface area contributed by atoms with Crippen molar-refractivity contribution in [1.29, 1.82) is 0 Å². The van der Waals surface area contributed by atoms with Gasteiger partial charge in [0.25, 0.3) is 5.91 Å². The van der Waals surface area contributed by atoms with Gasteiger partial charge in [-0.25, -0.2) is 0 Å². The average Bonchev–Trinajstić information content (AvgIpc) is 3.03. The van der Waals surface area contributed by atoms with Crippen LogP contribution in [0.4, 0.5) is 0 Å². The number of carbonyl (C=O) groups excluding carboxylic acids is 2. The van der Waals surface area contributed by atoms with Gasteiger partial charge in [0.15, 0.2) is 0 Å². The lowest BCUT2D eigenvalue weighted by Gasteiger charge is -2.34. The first-order valence-corrected chi connectivity index (χ1v) is 9.31. The summed E-state index contributed by atoms with van der Waals surface area (Å²) in [4.78, 5) is 40.2. The van der Waals surface area contributed by atoms with Crippen molar-refractivity contribution in [3.8, 4) is 0 Å². The smallest absolute Gasteiger partial charge is 0.308 e. The number of halogens is 1. The van der Waals surface area contributed by atoms with Crippen molar-refractivity contribution in [1.82, 2.24) is 9.80 Å². The van der Waals surface area contributed by atoms with E-state index >= 15 is 0 Å². The number of benzene rings is 1. The quantitative estimate of drug-likeness (QED) is 0.875. The lowest BCUT2D eigenvalue weighted by Crippen LogP contribution is -2.46. The second-order valence-corrected chi connectivity index (χ2v) is 7.70. The predicted molar refractivity (Wildman–Crippen MR) is 96.9 cm³/mol. The van der Waals surface area contributed by atoms with E-state index < -0.39 is 11.9 Å². The number of carboxylic acids is 1. The summed E-state index contributed by atoms with van der Waals surface area (Å²) in [6.07, 6.45) is 1.49. The van der Waals surface area contributed by atoms with Crippen LogP contribution in [0.1, 0.15) is 30.1 Å². The van der Waals surface area contributed by atoms with E-state index in [1.165, 1.54) is 0 Å². The molecule has 6 nitrogen and oxygen atoms in total. The maximum Gasteiger partial charge on any atom is 0.308 e. The molecule has 3 rings (SSSR count). The highest BCUT2D eigenvalue weighted by molar-refractivity contribution is 6.30. The van der Waals surface area contributed by atoms with Crippen LogP contribution in [0.3, 0.4) is 0 Å². The Kier molecular flexibility index (Phi) is 5.51. The molecule has 0 aromatic heterocycles. The Balaban J connectivity index is 1.65. The molecule has 0 aliphatic carbocycles. The zero-order valence-electron chi connectivity index (χ0n) is 14.7. The second-order valence-electron chi connectivity index (χ2n) is 7.26. The number of carboxylic acid groups (broad SMARTS) is 1. The molecule has 0 radical (unpaired) electrons. The van der Waals surface area contributed by atoms with Gasteiger partial charge in [0.05, 0.1) is 11.8 Å². The molecular weight excluding hydrogens is 356 g/mol. The van der Waals surface area contributed by atoms with Crippen LogP contribution < -0.4 is 0 Å². The number of likely N-dealkylation sites (tertiary alicyclic amines) is 2. The zero-order chi connectivity index (χ0) is 18.8. The van der Waals surface area contributed by atoms with Crippen molar-refractivity contribution >= 4 is 29.4 Å². The van der Waals surface area contributed by atoms with Crippen LogP contribution in [0.2, 0.25) is 5.02 Å². The minimum absolute atomic E-state index is 0.0331. The van der Waals surface area contributed by atoms with Gasteiger partial charge in [-0.2, -0.15) is 0 Å². The molecule has 1 aromatic rings. The number of rotatable bonds is 3. The van der Waals surface area contributed by atoms with Crippen LogP contribution in [0, 0.1) is 17.8 Å². The number of amides is 2. The molecule has 26 heavy (non-hydrogen) atoms. The Morgan fingerprint density at radius 1 is 1.08 bits per heavy atom. The van der Waals surface area contributed by atoms with E-state index in [4.69, 9.17) is 11.6 Å². The minimum Gasteiger partial charge on any atom is -0.481 e. The van der Waals surface area contributed by atoms with Crippen LogP contribution in [-0.2, 0) is 9.59 Å². The first-order chi connectivity index (χ1) is 12.4. The Morgan fingerprint density at radius 2 is 1.77 bits per heavy atom. The van der Waals surface area contributed by atoms with Gasteiger partial charge >= 0.3 is 5.97 Å². The fourth-order valence-corrected chi connectivity index (χ4v) is 3.99. The van der Waals surface area contributed by atoms with E-state index in [1.807, 2.05) is 6.92 Å². The Hall–Kier alpha value is -2.08. The molecule has 0 spiro atoms. The molecule has 1 unspecified atom stereocenters. The summed E-state index contributed by atoms with van der Waals surface area (Å²) in [6.45, 7) is 3.60. The summed E-state index contributed by atoms with van der Waals surface area (Å²) in [5.41, 5.74) is 0.559. The fraction of sp³-hybridized carbons (Fsp3) is 0.526. The third-order valence-electron chi connectivity index (χ3n) is 5.39. The largest absolute Gasteiger partial charge is 0.481 e. The summed E-state index contributed by atoms with van der Waals surface area (Å²) < 4.78 is 0. The summed E-state index contributed by atoms with van der Waals surface area (Å²) in [7, 11) is 0. The lowest BCUT2D eigenvalue weighted by molar-refractivity contribution is -0.142. The molecule has 2 aliphatic rings. The average molecular weight is 379 g/mol. The van der Waals surface area contributed by atoms with Gasteiger partial charge in [0.1, 0.15) is 0 Å². The summed E-state index contributed by atoms with van der Waals surface area (Å²) >= 11 is 5.87. The Labute approximate surface area is 157 Å². The van der Waals surface area contributed by atoms with Crippen molar-refractivity contribution < 1.29 is 19.5 Å². The minimum atomic E-state index is -0.851. The van der Waals surface area contributed by atoms with Gasteiger partial charge in [-0.1, -0.05) is 18.5 Å². The lowest BCUT2D eigenvalue weighted by atomic mass is 9.96. The Bertz CT molecular complexity index is 706. The number of carbonyl (C=O) groups is 3. The van der Waals surface area contributed by atoms with Crippen molar-refractivity contribution in [2.75, 3.05) is 26.2 Å². The highest BCUT2D eigenvalue weighted by atomic mass is 35.5. The molecule has 2 aliphatic heterocycles. The third kappa shape index (κ3) is 3.85. The monoisotopic (exact) mass is 378 g/mol. The van der Waals surface area contributed by atoms with Crippen LogP contribution >= 0.6 is 11.6 Å². The fourth-order valence-electron chi connectivity index (χ4n) is 3.86. The predicted octanol–water partition coefficient (Wildman–Crippen LogP) is 2.37. The molecule has 2 saturated heterocycles. The molecule has 140 valence electrons. The first kappa shape index (κ1) is 18.7. The van der Waals surface area contributed by atoms with E-state index in [9.17, 15) is 19.5 Å². The van der Waals surface area contributed by atoms with Gasteiger partial charge in [-0.05, 0) is 43.0 Å². The SMILES string of the molecule is C[C@@H]1CN(C(=O)C2CCCN(C(=O)c3ccc(Cl)cc3)C2)C[C@H]1C(=O)O. The highest BCUT2D eigenvalue weighted by Gasteiger charge is 2.40. The van der Waals surface area contributed by atoms with E-state index in [0.29, 0.717) is 30.2 Å². The molecular formula is C19H23ClN2O4. The van der Waals surface area contributed by atoms with Crippen LogP contribution in [-0.4, -0.2) is 58.9 Å². The molecule has 3 atom stereocenters. The van der Waals surface area contributed by atoms with Crippen LogP contribution in [0.15, 0.2) is 24.3 Å². The summed E-state index contributed by atoms with van der Waals surface area (Å²) in [5.74, 6) is -1.80. The molecule has 2 heterocycles. The van der Waals surface area contributed by atoms with Gasteiger partial charge in [0, 0.05) is 36.8 Å². The first-order valence-electron chi connectivity index (χ1n) is 8.93.